The number of aryl methyl sites for hydroxylation is 1. The average Bonchev–Trinajstić information content (AvgIpc) is 2.37. The SMILES string of the molecule is Cc1ccc(NCC(O)COC(C)CC(C)C)cc1F. The zero-order chi connectivity index (χ0) is 15.1. The second kappa shape index (κ2) is 8.22. The van der Waals surface area contributed by atoms with Crippen molar-refractivity contribution in [2.24, 2.45) is 5.92 Å². The summed E-state index contributed by atoms with van der Waals surface area (Å²) in [6, 6.07) is 4.95. The van der Waals surface area contributed by atoms with Gasteiger partial charge in [0, 0.05) is 12.2 Å². The highest BCUT2D eigenvalue weighted by Crippen LogP contribution is 2.13. The summed E-state index contributed by atoms with van der Waals surface area (Å²) < 4.78 is 18.9. The van der Waals surface area contributed by atoms with Crippen molar-refractivity contribution in [3.63, 3.8) is 0 Å². The van der Waals surface area contributed by atoms with E-state index in [1.807, 2.05) is 6.92 Å². The smallest absolute Gasteiger partial charge is 0.128 e. The van der Waals surface area contributed by atoms with Crippen LogP contribution in [0.1, 0.15) is 32.8 Å². The van der Waals surface area contributed by atoms with Crippen LogP contribution in [-0.2, 0) is 4.74 Å². The fourth-order valence-electron chi connectivity index (χ4n) is 2.00. The Morgan fingerprint density at radius 3 is 2.60 bits per heavy atom. The third kappa shape index (κ3) is 6.35. The second-order valence-corrected chi connectivity index (χ2v) is 5.77. The van der Waals surface area contributed by atoms with Gasteiger partial charge in [-0.05, 0) is 43.9 Å². The molecule has 0 saturated heterocycles. The minimum atomic E-state index is -0.603. The molecule has 0 aliphatic carbocycles. The van der Waals surface area contributed by atoms with Crippen LogP contribution in [-0.4, -0.2) is 30.5 Å². The normalized spacial score (nSPS) is 14.3. The number of hydrogen-bond donors (Lipinski definition) is 2. The standard InChI is InChI=1S/C16H26FNO2/c1-11(2)7-13(4)20-10-15(19)9-18-14-6-5-12(3)16(17)8-14/h5-6,8,11,13,15,18-19H,7,9-10H2,1-4H3. The average molecular weight is 283 g/mol. The molecule has 0 heterocycles. The third-order valence-corrected chi connectivity index (χ3v) is 3.09. The molecule has 0 saturated carbocycles. The van der Waals surface area contributed by atoms with Crippen LogP contribution in [0.2, 0.25) is 0 Å². The highest BCUT2D eigenvalue weighted by Gasteiger charge is 2.10. The molecule has 2 atom stereocenters. The first-order chi connectivity index (χ1) is 9.38. The van der Waals surface area contributed by atoms with Gasteiger partial charge in [0.25, 0.3) is 0 Å². The summed E-state index contributed by atoms with van der Waals surface area (Å²) in [4.78, 5) is 0. The Labute approximate surface area is 121 Å². The van der Waals surface area contributed by atoms with Crippen molar-refractivity contribution >= 4 is 5.69 Å². The number of ether oxygens (including phenoxy) is 1. The van der Waals surface area contributed by atoms with E-state index in [9.17, 15) is 9.50 Å². The maximum atomic E-state index is 13.4. The summed E-state index contributed by atoms with van der Waals surface area (Å²) in [5.74, 6) is 0.335. The van der Waals surface area contributed by atoms with Crippen molar-refractivity contribution in [1.82, 2.24) is 0 Å². The van der Waals surface area contributed by atoms with Gasteiger partial charge in [0.2, 0.25) is 0 Å². The molecular weight excluding hydrogens is 257 g/mol. The molecule has 0 radical (unpaired) electrons. The minimum Gasteiger partial charge on any atom is -0.389 e. The number of aliphatic hydroxyl groups excluding tert-OH is 1. The van der Waals surface area contributed by atoms with Gasteiger partial charge >= 0.3 is 0 Å². The monoisotopic (exact) mass is 283 g/mol. The lowest BCUT2D eigenvalue weighted by Crippen LogP contribution is -2.27. The largest absolute Gasteiger partial charge is 0.389 e. The Bertz CT molecular complexity index is 409. The summed E-state index contributed by atoms with van der Waals surface area (Å²) >= 11 is 0. The molecule has 0 fully saturated rings. The van der Waals surface area contributed by atoms with Crippen molar-refractivity contribution in [1.29, 1.82) is 0 Å². The molecule has 0 aromatic heterocycles. The molecule has 1 aromatic carbocycles. The Kier molecular flexibility index (Phi) is 6.96. The van der Waals surface area contributed by atoms with E-state index in [1.54, 1.807) is 19.1 Å². The molecule has 2 N–H and O–H groups in total. The van der Waals surface area contributed by atoms with Crippen molar-refractivity contribution in [2.75, 3.05) is 18.5 Å². The molecule has 114 valence electrons. The van der Waals surface area contributed by atoms with Crippen molar-refractivity contribution < 1.29 is 14.2 Å². The molecule has 0 aliphatic rings. The van der Waals surface area contributed by atoms with Gasteiger partial charge in [0.05, 0.1) is 18.8 Å². The van der Waals surface area contributed by atoms with Crippen LogP contribution >= 0.6 is 0 Å². The van der Waals surface area contributed by atoms with Gasteiger partial charge in [-0.2, -0.15) is 0 Å². The van der Waals surface area contributed by atoms with E-state index in [0.717, 1.165) is 6.42 Å². The van der Waals surface area contributed by atoms with Crippen LogP contribution < -0.4 is 5.32 Å². The lowest BCUT2D eigenvalue weighted by atomic mass is 10.1. The predicted molar refractivity (Wildman–Crippen MR) is 80.5 cm³/mol. The summed E-state index contributed by atoms with van der Waals surface area (Å²) in [5.41, 5.74) is 1.28. The van der Waals surface area contributed by atoms with Gasteiger partial charge in [-0.15, -0.1) is 0 Å². The molecule has 1 aromatic rings. The van der Waals surface area contributed by atoms with Gasteiger partial charge in [-0.3, -0.25) is 0 Å². The van der Waals surface area contributed by atoms with E-state index in [-0.39, 0.29) is 18.5 Å². The van der Waals surface area contributed by atoms with Crippen molar-refractivity contribution in [3.05, 3.63) is 29.6 Å². The second-order valence-electron chi connectivity index (χ2n) is 5.77. The molecule has 3 nitrogen and oxygen atoms in total. The quantitative estimate of drug-likeness (QED) is 0.768. The Balaban J connectivity index is 2.28. The molecule has 20 heavy (non-hydrogen) atoms. The third-order valence-electron chi connectivity index (χ3n) is 3.09. The van der Waals surface area contributed by atoms with E-state index < -0.39 is 6.10 Å². The highest BCUT2D eigenvalue weighted by atomic mass is 19.1. The van der Waals surface area contributed by atoms with E-state index in [1.165, 1.54) is 6.07 Å². The Morgan fingerprint density at radius 2 is 2.00 bits per heavy atom. The molecule has 0 amide bonds. The van der Waals surface area contributed by atoms with Crippen LogP contribution in [0.3, 0.4) is 0 Å². The molecular formula is C16H26FNO2. The van der Waals surface area contributed by atoms with Crippen LogP contribution in [0.15, 0.2) is 18.2 Å². The zero-order valence-corrected chi connectivity index (χ0v) is 12.8. The molecule has 1 rings (SSSR count). The number of hydrogen-bond acceptors (Lipinski definition) is 3. The van der Waals surface area contributed by atoms with E-state index in [0.29, 0.717) is 23.7 Å². The van der Waals surface area contributed by atoms with Crippen LogP contribution in [0.4, 0.5) is 10.1 Å². The van der Waals surface area contributed by atoms with Gasteiger partial charge < -0.3 is 15.2 Å². The highest BCUT2D eigenvalue weighted by molar-refractivity contribution is 5.45. The number of rotatable bonds is 8. The molecule has 4 heteroatoms. The number of aliphatic hydroxyl groups is 1. The van der Waals surface area contributed by atoms with Gasteiger partial charge in [-0.25, -0.2) is 4.39 Å². The molecule has 2 unspecified atom stereocenters. The van der Waals surface area contributed by atoms with Crippen molar-refractivity contribution in [3.8, 4) is 0 Å². The Hall–Kier alpha value is -1.13. The van der Waals surface area contributed by atoms with Crippen LogP contribution in [0.5, 0.6) is 0 Å². The summed E-state index contributed by atoms with van der Waals surface area (Å²) in [7, 11) is 0. The first-order valence-electron chi connectivity index (χ1n) is 7.18. The summed E-state index contributed by atoms with van der Waals surface area (Å²) in [6.07, 6.45) is 0.513. The van der Waals surface area contributed by atoms with Gasteiger partial charge in [0.15, 0.2) is 0 Å². The zero-order valence-electron chi connectivity index (χ0n) is 12.8. The molecule has 0 aliphatic heterocycles. The fraction of sp³-hybridized carbons (Fsp3) is 0.625. The number of anilines is 1. The van der Waals surface area contributed by atoms with Crippen molar-refractivity contribution in [2.45, 2.75) is 46.3 Å². The molecule has 0 spiro atoms. The molecule has 0 bridgehead atoms. The maximum absolute atomic E-state index is 13.4. The van der Waals surface area contributed by atoms with E-state index >= 15 is 0 Å². The topological polar surface area (TPSA) is 41.5 Å². The lowest BCUT2D eigenvalue weighted by molar-refractivity contribution is -0.00443. The van der Waals surface area contributed by atoms with Gasteiger partial charge in [-0.1, -0.05) is 19.9 Å². The van der Waals surface area contributed by atoms with E-state index in [4.69, 9.17) is 4.74 Å². The first kappa shape index (κ1) is 16.9. The lowest BCUT2D eigenvalue weighted by Gasteiger charge is -2.18. The predicted octanol–water partition coefficient (Wildman–Crippen LogP) is 3.36. The fourth-order valence-corrected chi connectivity index (χ4v) is 2.00. The maximum Gasteiger partial charge on any atom is 0.128 e. The van der Waals surface area contributed by atoms with Crippen LogP contribution in [0, 0.1) is 18.7 Å². The minimum absolute atomic E-state index is 0.140. The summed E-state index contributed by atoms with van der Waals surface area (Å²) in [5, 5.41) is 12.8. The van der Waals surface area contributed by atoms with Crippen LogP contribution in [0.25, 0.3) is 0 Å². The number of benzene rings is 1. The first-order valence-corrected chi connectivity index (χ1v) is 7.18. The number of halogens is 1. The van der Waals surface area contributed by atoms with E-state index in [2.05, 4.69) is 19.2 Å². The van der Waals surface area contributed by atoms with Gasteiger partial charge in [0.1, 0.15) is 5.82 Å². The Morgan fingerprint density at radius 1 is 1.30 bits per heavy atom. The summed E-state index contributed by atoms with van der Waals surface area (Å²) in [6.45, 7) is 8.65. The number of nitrogens with one attached hydrogen (secondary N) is 1.